The number of aliphatic carboxylic acids is 1. The normalized spacial score (nSPS) is 10.1. The standard InChI is InChI=1S/C12H13ClO4/c1-7-5-8(13)6-9(12(7)17-2)10(14)3-4-11(15)16/h5-6H,3-4H2,1-2H3,(H,15,16). The van der Waals surface area contributed by atoms with E-state index in [2.05, 4.69) is 0 Å². The summed E-state index contributed by atoms with van der Waals surface area (Å²) < 4.78 is 5.13. The molecule has 4 nitrogen and oxygen atoms in total. The molecule has 0 bridgehead atoms. The summed E-state index contributed by atoms with van der Waals surface area (Å²) >= 11 is 5.86. The molecule has 0 aromatic heterocycles. The van der Waals surface area contributed by atoms with E-state index in [0.29, 0.717) is 16.3 Å². The van der Waals surface area contributed by atoms with Crippen LogP contribution in [0.25, 0.3) is 0 Å². The van der Waals surface area contributed by atoms with Crippen LogP contribution in [-0.4, -0.2) is 24.0 Å². The minimum absolute atomic E-state index is 0.0640. The van der Waals surface area contributed by atoms with Gasteiger partial charge in [-0.2, -0.15) is 0 Å². The van der Waals surface area contributed by atoms with Crippen molar-refractivity contribution in [3.63, 3.8) is 0 Å². The first kappa shape index (κ1) is 13.5. The zero-order valence-corrected chi connectivity index (χ0v) is 10.4. The number of hydrogen-bond donors (Lipinski definition) is 1. The third-order valence-corrected chi connectivity index (χ3v) is 2.53. The SMILES string of the molecule is COc1c(C)cc(Cl)cc1C(=O)CCC(=O)O. The van der Waals surface area contributed by atoms with Crippen molar-refractivity contribution in [2.45, 2.75) is 19.8 Å². The first-order valence-electron chi connectivity index (χ1n) is 5.05. The third kappa shape index (κ3) is 3.46. The summed E-state index contributed by atoms with van der Waals surface area (Å²) in [6.45, 7) is 1.78. The van der Waals surface area contributed by atoms with Crippen LogP contribution >= 0.6 is 11.6 Å². The molecule has 0 fully saturated rings. The monoisotopic (exact) mass is 256 g/mol. The molecule has 1 N–H and O–H groups in total. The lowest BCUT2D eigenvalue weighted by molar-refractivity contribution is -0.136. The highest BCUT2D eigenvalue weighted by Gasteiger charge is 2.16. The molecule has 0 saturated heterocycles. The number of carboxylic acids is 1. The van der Waals surface area contributed by atoms with Crippen LogP contribution in [0, 0.1) is 6.92 Å². The predicted molar refractivity (Wildman–Crippen MR) is 63.9 cm³/mol. The molecule has 1 rings (SSSR count). The van der Waals surface area contributed by atoms with Gasteiger partial charge in [0, 0.05) is 11.4 Å². The third-order valence-electron chi connectivity index (χ3n) is 2.31. The largest absolute Gasteiger partial charge is 0.496 e. The number of carbonyl (C=O) groups excluding carboxylic acids is 1. The summed E-state index contributed by atoms with van der Waals surface area (Å²) in [6.07, 6.45) is -0.265. The Balaban J connectivity index is 3.03. The van der Waals surface area contributed by atoms with Gasteiger partial charge in [0.25, 0.3) is 0 Å². The summed E-state index contributed by atoms with van der Waals surface area (Å²) in [5.41, 5.74) is 1.08. The Morgan fingerprint density at radius 1 is 1.35 bits per heavy atom. The fourth-order valence-electron chi connectivity index (χ4n) is 1.56. The molecule has 17 heavy (non-hydrogen) atoms. The van der Waals surface area contributed by atoms with Gasteiger partial charge < -0.3 is 9.84 Å². The van der Waals surface area contributed by atoms with Crippen LogP contribution < -0.4 is 4.74 Å². The second kappa shape index (κ2) is 5.68. The molecule has 0 saturated carbocycles. The van der Waals surface area contributed by atoms with Gasteiger partial charge >= 0.3 is 5.97 Å². The minimum atomic E-state index is -1.00. The maximum atomic E-state index is 11.8. The number of Topliss-reactive ketones (excluding diaryl/α,β-unsaturated/α-hetero) is 1. The van der Waals surface area contributed by atoms with Crippen LogP contribution in [-0.2, 0) is 4.79 Å². The molecule has 1 aromatic carbocycles. The fraction of sp³-hybridized carbons (Fsp3) is 0.333. The first-order chi connectivity index (χ1) is 7.95. The van der Waals surface area contributed by atoms with Crippen molar-refractivity contribution in [2.24, 2.45) is 0 Å². The molecule has 0 aliphatic carbocycles. The van der Waals surface area contributed by atoms with Crippen molar-refractivity contribution in [1.82, 2.24) is 0 Å². The molecule has 0 unspecified atom stereocenters. The number of ether oxygens (including phenoxy) is 1. The Labute approximate surface area is 104 Å². The Morgan fingerprint density at radius 3 is 2.53 bits per heavy atom. The van der Waals surface area contributed by atoms with Crippen LogP contribution in [0.4, 0.5) is 0 Å². The summed E-state index contributed by atoms with van der Waals surface area (Å²) in [6, 6.07) is 3.19. The Bertz CT molecular complexity index is 454. The van der Waals surface area contributed by atoms with Crippen molar-refractivity contribution >= 4 is 23.4 Å². The lowest BCUT2D eigenvalue weighted by Crippen LogP contribution is -2.06. The van der Waals surface area contributed by atoms with Gasteiger partial charge in [0.15, 0.2) is 5.78 Å². The number of carboxylic acid groups (broad SMARTS) is 1. The highest BCUT2D eigenvalue weighted by Crippen LogP contribution is 2.28. The van der Waals surface area contributed by atoms with Crippen LogP contribution in [0.1, 0.15) is 28.8 Å². The van der Waals surface area contributed by atoms with Crippen molar-refractivity contribution in [2.75, 3.05) is 7.11 Å². The maximum absolute atomic E-state index is 11.8. The zero-order chi connectivity index (χ0) is 13.0. The zero-order valence-electron chi connectivity index (χ0n) is 9.62. The van der Waals surface area contributed by atoms with Gasteiger partial charge in [-0.15, -0.1) is 0 Å². The van der Waals surface area contributed by atoms with Gasteiger partial charge in [-0.05, 0) is 24.6 Å². The quantitative estimate of drug-likeness (QED) is 0.823. The van der Waals surface area contributed by atoms with Crippen LogP contribution in [0.2, 0.25) is 5.02 Å². The number of benzene rings is 1. The van der Waals surface area contributed by atoms with Crippen LogP contribution in [0.15, 0.2) is 12.1 Å². The number of hydrogen-bond acceptors (Lipinski definition) is 3. The molecule has 0 spiro atoms. The summed E-state index contributed by atoms with van der Waals surface area (Å²) in [4.78, 5) is 22.2. The van der Waals surface area contributed by atoms with E-state index in [1.54, 1.807) is 13.0 Å². The topological polar surface area (TPSA) is 63.6 Å². The van der Waals surface area contributed by atoms with Crippen molar-refractivity contribution in [1.29, 1.82) is 0 Å². The second-order valence-corrected chi connectivity index (χ2v) is 4.06. The van der Waals surface area contributed by atoms with Gasteiger partial charge in [0.1, 0.15) is 5.75 Å². The number of carbonyl (C=O) groups is 2. The van der Waals surface area contributed by atoms with Crippen LogP contribution in [0.5, 0.6) is 5.75 Å². The molecule has 0 atom stereocenters. The maximum Gasteiger partial charge on any atom is 0.303 e. The lowest BCUT2D eigenvalue weighted by Gasteiger charge is -2.10. The van der Waals surface area contributed by atoms with Crippen molar-refractivity contribution in [3.05, 3.63) is 28.3 Å². The van der Waals surface area contributed by atoms with E-state index < -0.39 is 5.97 Å². The van der Waals surface area contributed by atoms with Gasteiger partial charge in [0.05, 0.1) is 19.1 Å². The van der Waals surface area contributed by atoms with Gasteiger partial charge in [0.2, 0.25) is 0 Å². The molecule has 0 radical (unpaired) electrons. The number of methoxy groups -OCH3 is 1. The van der Waals surface area contributed by atoms with E-state index in [1.165, 1.54) is 13.2 Å². The Hall–Kier alpha value is -1.55. The van der Waals surface area contributed by atoms with Crippen LogP contribution in [0.3, 0.4) is 0 Å². The van der Waals surface area contributed by atoms with E-state index >= 15 is 0 Å². The van der Waals surface area contributed by atoms with Crippen molar-refractivity contribution < 1.29 is 19.4 Å². The van der Waals surface area contributed by atoms with E-state index in [0.717, 1.165) is 5.56 Å². The summed E-state index contributed by atoms with van der Waals surface area (Å²) in [5.74, 6) is -0.837. The number of halogens is 1. The smallest absolute Gasteiger partial charge is 0.303 e. The lowest BCUT2D eigenvalue weighted by atomic mass is 10.0. The average Bonchev–Trinajstić information content (AvgIpc) is 2.24. The predicted octanol–water partition coefficient (Wildman–Crippen LogP) is 2.70. The molecule has 0 amide bonds. The molecular weight excluding hydrogens is 244 g/mol. The average molecular weight is 257 g/mol. The Kier molecular flexibility index (Phi) is 4.52. The number of ketones is 1. The fourth-order valence-corrected chi connectivity index (χ4v) is 1.84. The summed E-state index contributed by atoms with van der Waals surface area (Å²) in [5, 5.41) is 8.97. The molecule has 0 aliphatic heterocycles. The molecule has 1 aromatic rings. The Morgan fingerprint density at radius 2 is 2.00 bits per heavy atom. The van der Waals surface area contributed by atoms with Gasteiger partial charge in [-0.1, -0.05) is 11.6 Å². The van der Waals surface area contributed by atoms with E-state index in [-0.39, 0.29) is 18.6 Å². The first-order valence-corrected chi connectivity index (χ1v) is 5.42. The van der Waals surface area contributed by atoms with E-state index in [1.807, 2.05) is 0 Å². The molecular formula is C12H13ClO4. The number of aryl methyl sites for hydroxylation is 1. The molecule has 5 heteroatoms. The summed E-state index contributed by atoms with van der Waals surface area (Å²) in [7, 11) is 1.46. The van der Waals surface area contributed by atoms with Gasteiger partial charge in [-0.25, -0.2) is 0 Å². The molecule has 0 aliphatic rings. The minimum Gasteiger partial charge on any atom is -0.496 e. The number of rotatable bonds is 5. The highest BCUT2D eigenvalue weighted by molar-refractivity contribution is 6.31. The van der Waals surface area contributed by atoms with E-state index in [9.17, 15) is 9.59 Å². The van der Waals surface area contributed by atoms with Crippen molar-refractivity contribution in [3.8, 4) is 5.75 Å². The highest BCUT2D eigenvalue weighted by atomic mass is 35.5. The van der Waals surface area contributed by atoms with Gasteiger partial charge in [-0.3, -0.25) is 9.59 Å². The molecule has 0 heterocycles. The second-order valence-electron chi connectivity index (χ2n) is 3.62. The molecule has 92 valence electrons. The van der Waals surface area contributed by atoms with E-state index in [4.69, 9.17) is 21.4 Å².